The maximum Gasteiger partial charge on any atom is 0.254 e. The first-order chi connectivity index (χ1) is 8.12. The van der Waals surface area contributed by atoms with Crippen molar-refractivity contribution in [2.45, 2.75) is 44.6 Å². The number of halogens is 1. The third kappa shape index (κ3) is 1.56. The second-order valence-electron chi connectivity index (χ2n) is 5.08. The zero-order valence-electron chi connectivity index (χ0n) is 9.85. The van der Waals surface area contributed by atoms with E-state index in [0.717, 1.165) is 42.5 Å². The Morgan fingerprint density at radius 3 is 2.76 bits per heavy atom. The lowest BCUT2D eigenvalue weighted by Crippen LogP contribution is -2.41. The number of pyridine rings is 1. The van der Waals surface area contributed by atoms with Crippen LogP contribution in [0.2, 0.25) is 5.15 Å². The largest absolute Gasteiger partial charge is 0.341 e. The van der Waals surface area contributed by atoms with Crippen molar-refractivity contribution in [2.24, 2.45) is 0 Å². The van der Waals surface area contributed by atoms with Gasteiger partial charge in [-0.2, -0.15) is 0 Å². The molecule has 2 heterocycles. The molecule has 1 amide bonds. The van der Waals surface area contributed by atoms with Crippen LogP contribution in [0.5, 0.6) is 0 Å². The Hall–Kier alpha value is -1.09. The summed E-state index contributed by atoms with van der Waals surface area (Å²) in [5.74, 6) is 0.0172. The summed E-state index contributed by atoms with van der Waals surface area (Å²) in [7, 11) is 0. The van der Waals surface area contributed by atoms with Gasteiger partial charge in [0, 0.05) is 0 Å². The van der Waals surface area contributed by atoms with Gasteiger partial charge >= 0.3 is 0 Å². The molecule has 2 aliphatic rings. The van der Waals surface area contributed by atoms with Gasteiger partial charge in [0.1, 0.15) is 5.15 Å². The summed E-state index contributed by atoms with van der Waals surface area (Å²) in [5, 5.41) is 3.63. The van der Waals surface area contributed by atoms with Crippen molar-refractivity contribution in [3.05, 3.63) is 28.0 Å². The zero-order chi connectivity index (χ0) is 12.0. The van der Waals surface area contributed by atoms with Gasteiger partial charge in [0.2, 0.25) is 0 Å². The molecule has 1 saturated carbocycles. The fourth-order valence-electron chi connectivity index (χ4n) is 3.12. The number of nitrogens with zero attached hydrogens (tertiary/aromatic N) is 1. The second kappa shape index (κ2) is 3.70. The number of hydrogen-bond donors (Lipinski definition) is 1. The van der Waals surface area contributed by atoms with Crippen LogP contribution in [-0.2, 0) is 5.54 Å². The molecule has 1 aromatic heterocycles. The highest BCUT2D eigenvalue weighted by Gasteiger charge is 2.45. The Labute approximate surface area is 106 Å². The number of rotatable bonds is 0. The molecule has 17 heavy (non-hydrogen) atoms. The SMILES string of the molecule is Cc1cc(Cl)nc2c1C(=O)NC21CCCCC1. The van der Waals surface area contributed by atoms with Gasteiger partial charge in [-0.15, -0.1) is 0 Å². The van der Waals surface area contributed by atoms with Crippen molar-refractivity contribution >= 4 is 17.5 Å². The van der Waals surface area contributed by atoms with E-state index in [1.807, 2.05) is 6.92 Å². The van der Waals surface area contributed by atoms with Gasteiger partial charge in [-0.1, -0.05) is 30.9 Å². The normalized spacial score (nSPS) is 21.4. The van der Waals surface area contributed by atoms with Gasteiger partial charge in [0.15, 0.2) is 0 Å². The predicted octanol–water partition coefficient (Wildman–Crippen LogP) is 2.95. The molecule has 90 valence electrons. The van der Waals surface area contributed by atoms with E-state index in [4.69, 9.17) is 11.6 Å². The van der Waals surface area contributed by atoms with Crippen molar-refractivity contribution in [3.63, 3.8) is 0 Å². The lowest BCUT2D eigenvalue weighted by molar-refractivity contribution is 0.0908. The third-order valence-electron chi connectivity index (χ3n) is 3.93. The molecule has 1 aliphatic heterocycles. The standard InChI is InChI=1S/C13H15ClN2O/c1-8-7-9(14)15-11-10(8)12(17)16-13(11)5-3-2-4-6-13/h7H,2-6H2,1H3,(H,16,17). The molecule has 0 radical (unpaired) electrons. The van der Waals surface area contributed by atoms with Crippen LogP contribution in [0, 0.1) is 6.92 Å². The van der Waals surface area contributed by atoms with Gasteiger partial charge in [0.25, 0.3) is 5.91 Å². The lowest BCUT2D eigenvalue weighted by atomic mass is 9.79. The number of amides is 1. The molecule has 0 bridgehead atoms. The highest BCUT2D eigenvalue weighted by atomic mass is 35.5. The molecule has 1 spiro atoms. The molecule has 0 atom stereocenters. The molecule has 0 unspecified atom stereocenters. The number of hydrogen-bond acceptors (Lipinski definition) is 2. The number of carbonyl (C=O) groups is 1. The topological polar surface area (TPSA) is 42.0 Å². The number of carbonyl (C=O) groups excluding carboxylic acids is 1. The Bertz CT molecular complexity index is 492. The molecule has 0 aromatic carbocycles. The van der Waals surface area contributed by atoms with Crippen LogP contribution < -0.4 is 5.32 Å². The minimum atomic E-state index is -0.236. The smallest absolute Gasteiger partial charge is 0.254 e. The molecular formula is C13H15ClN2O. The van der Waals surface area contributed by atoms with Gasteiger partial charge in [-0.25, -0.2) is 4.98 Å². The Morgan fingerprint density at radius 2 is 2.06 bits per heavy atom. The predicted molar refractivity (Wildman–Crippen MR) is 66.2 cm³/mol. The van der Waals surface area contributed by atoms with Crippen LogP contribution in [0.15, 0.2) is 6.07 Å². The number of aryl methyl sites for hydroxylation is 1. The number of aromatic nitrogens is 1. The minimum Gasteiger partial charge on any atom is -0.341 e. The Kier molecular flexibility index (Phi) is 2.40. The molecule has 3 nitrogen and oxygen atoms in total. The molecule has 1 aromatic rings. The van der Waals surface area contributed by atoms with Crippen LogP contribution in [-0.4, -0.2) is 10.9 Å². The van der Waals surface area contributed by atoms with Gasteiger partial charge in [0.05, 0.1) is 16.8 Å². The third-order valence-corrected chi connectivity index (χ3v) is 4.12. The van der Waals surface area contributed by atoms with Crippen molar-refractivity contribution in [2.75, 3.05) is 0 Å². The zero-order valence-corrected chi connectivity index (χ0v) is 10.6. The lowest BCUT2D eigenvalue weighted by Gasteiger charge is -2.33. The van der Waals surface area contributed by atoms with E-state index >= 15 is 0 Å². The maximum atomic E-state index is 12.1. The monoisotopic (exact) mass is 250 g/mol. The summed E-state index contributed by atoms with van der Waals surface area (Å²) >= 11 is 6.03. The van der Waals surface area contributed by atoms with E-state index in [1.54, 1.807) is 6.07 Å². The molecular weight excluding hydrogens is 236 g/mol. The van der Waals surface area contributed by atoms with Gasteiger partial charge in [-0.05, 0) is 31.4 Å². The van der Waals surface area contributed by atoms with E-state index in [0.29, 0.717) is 5.15 Å². The quantitative estimate of drug-likeness (QED) is 0.720. The van der Waals surface area contributed by atoms with Crippen LogP contribution in [0.4, 0.5) is 0 Å². The highest BCUT2D eigenvalue weighted by molar-refractivity contribution is 6.29. The molecule has 1 N–H and O–H groups in total. The molecule has 4 heteroatoms. The summed E-state index contributed by atoms with van der Waals surface area (Å²) in [6.07, 6.45) is 5.50. The number of nitrogens with one attached hydrogen (secondary N) is 1. The summed E-state index contributed by atoms with van der Waals surface area (Å²) in [5.41, 5.74) is 2.32. The van der Waals surface area contributed by atoms with E-state index in [1.165, 1.54) is 6.42 Å². The van der Waals surface area contributed by atoms with Crippen molar-refractivity contribution in [3.8, 4) is 0 Å². The first-order valence-corrected chi connectivity index (χ1v) is 6.50. The Morgan fingerprint density at radius 1 is 1.35 bits per heavy atom. The average Bonchev–Trinajstić information content (AvgIpc) is 2.53. The summed E-state index contributed by atoms with van der Waals surface area (Å²) in [4.78, 5) is 16.5. The summed E-state index contributed by atoms with van der Waals surface area (Å²) in [6, 6.07) is 1.77. The summed E-state index contributed by atoms with van der Waals surface area (Å²) in [6.45, 7) is 1.92. The minimum absolute atomic E-state index is 0.0172. The maximum absolute atomic E-state index is 12.1. The first kappa shape index (κ1) is 11.0. The van der Waals surface area contributed by atoms with E-state index in [9.17, 15) is 4.79 Å². The van der Waals surface area contributed by atoms with E-state index < -0.39 is 0 Å². The first-order valence-electron chi connectivity index (χ1n) is 6.12. The number of fused-ring (bicyclic) bond motifs is 2. The van der Waals surface area contributed by atoms with Gasteiger partial charge in [-0.3, -0.25) is 4.79 Å². The van der Waals surface area contributed by atoms with Crippen LogP contribution in [0.3, 0.4) is 0 Å². The van der Waals surface area contributed by atoms with Crippen LogP contribution >= 0.6 is 11.6 Å². The Balaban J connectivity index is 2.18. The second-order valence-corrected chi connectivity index (χ2v) is 5.47. The average molecular weight is 251 g/mol. The van der Waals surface area contributed by atoms with Crippen LogP contribution in [0.25, 0.3) is 0 Å². The fourth-order valence-corrected chi connectivity index (χ4v) is 3.37. The van der Waals surface area contributed by atoms with Crippen molar-refractivity contribution in [1.82, 2.24) is 10.3 Å². The molecule has 1 aliphatic carbocycles. The van der Waals surface area contributed by atoms with Crippen molar-refractivity contribution < 1.29 is 4.79 Å². The molecule has 3 rings (SSSR count). The molecule has 0 saturated heterocycles. The van der Waals surface area contributed by atoms with E-state index in [2.05, 4.69) is 10.3 Å². The highest BCUT2D eigenvalue weighted by Crippen LogP contribution is 2.42. The van der Waals surface area contributed by atoms with Gasteiger partial charge < -0.3 is 5.32 Å². The molecule has 1 fully saturated rings. The summed E-state index contributed by atoms with van der Waals surface area (Å²) < 4.78 is 0. The van der Waals surface area contributed by atoms with Crippen molar-refractivity contribution in [1.29, 1.82) is 0 Å². The van der Waals surface area contributed by atoms with E-state index in [-0.39, 0.29) is 11.4 Å². The van der Waals surface area contributed by atoms with Crippen LogP contribution in [0.1, 0.15) is 53.7 Å². The fraction of sp³-hybridized carbons (Fsp3) is 0.538.